The molecule has 1 amide bonds. The molecule has 0 saturated carbocycles. The monoisotopic (exact) mass is 949 g/mol. The molecule has 0 aromatic rings. The van der Waals surface area contributed by atoms with Crippen molar-refractivity contribution < 1.29 is 47.1 Å². The van der Waals surface area contributed by atoms with E-state index in [4.69, 9.17) is 14.9 Å². The Morgan fingerprint density at radius 3 is 0.781 bits per heavy atom. The second-order valence-electron chi connectivity index (χ2n) is 16.5. The molecule has 0 fully saturated rings. The van der Waals surface area contributed by atoms with E-state index in [9.17, 15) is 14.8 Å². The first kappa shape index (κ1) is 119. The van der Waals surface area contributed by atoms with Gasteiger partial charge >= 0.3 is 5.97 Å². The zero-order chi connectivity index (χ0) is 53.2. The number of quaternary nitrogens is 5. The average Bonchev–Trinajstić information content (AvgIpc) is 3.09. The number of nitrogens with zero attached hydrogens (tertiary/aromatic N) is 7. The van der Waals surface area contributed by atoms with E-state index in [0.29, 0.717) is 13.2 Å². The summed E-state index contributed by atoms with van der Waals surface area (Å²) >= 11 is 0. The van der Waals surface area contributed by atoms with Crippen LogP contribution >= 0.6 is 0 Å². The Morgan fingerprint density at radius 1 is 0.500 bits per heavy atom. The summed E-state index contributed by atoms with van der Waals surface area (Å²) in [6.45, 7) is 37.9. The number of hydroxylamine groups is 3. The predicted molar refractivity (Wildman–Crippen MR) is 303 cm³/mol. The Morgan fingerprint density at radius 2 is 0.688 bits per heavy atom. The number of carbonyl (C=O) groups is 2. The van der Waals surface area contributed by atoms with E-state index < -0.39 is 0 Å². The SMILES string of the molecule is C.CC.CC.CC.CC.CC.CC.CC.CC(=O)N(C)C.CC(=O)OCC[N+](C)(C)C.CCC[N+](C)(C)CCO.CN(C)C.C[N+](C)(C)C.C[N+](C)(C)CCO.C[N+](C)(C)[O-].[CH3-].[CH3-].[CH3-]. The van der Waals surface area contributed by atoms with Gasteiger partial charge in [0.25, 0.3) is 0 Å². The van der Waals surface area contributed by atoms with Gasteiger partial charge < -0.3 is 74.8 Å². The minimum Gasteiger partial charge on any atom is -0.633 e. The van der Waals surface area contributed by atoms with Gasteiger partial charge in [0.15, 0.2) is 0 Å². The molecule has 13 nitrogen and oxygen atoms in total. The van der Waals surface area contributed by atoms with Gasteiger partial charge in [-0.2, -0.15) is 0 Å². The highest BCUT2D eigenvalue weighted by atomic mass is 16.5. The van der Waals surface area contributed by atoms with Crippen LogP contribution in [0.5, 0.6) is 0 Å². The van der Waals surface area contributed by atoms with Crippen LogP contribution in [-0.2, 0) is 14.3 Å². The third kappa shape index (κ3) is 462. The lowest BCUT2D eigenvalue weighted by Crippen LogP contribution is -2.42. The van der Waals surface area contributed by atoms with E-state index in [-0.39, 0.29) is 52.8 Å². The predicted octanol–water partition coefficient (Wildman–Crippen LogP) is 10.4. The molecule has 64 heavy (non-hydrogen) atoms. The summed E-state index contributed by atoms with van der Waals surface area (Å²) in [5, 5.41) is 27.0. The van der Waals surface area contributed by atoms with Crippen molar-refractivity contribution in [2.45, 2.75) is 132 Å². The molecule has 0 bridgehead atoms. The van der Waals surface area contributed by atoms with Crippen LogP contribution in [0.1, 0.15) is 132 Å². The zero-order valence-corrected chi connectivity index (χ0v) is 52.3. The highest BCUT2D eigenvalue weighted by Gasteiger charge is 2.10. The molecule has 2 N–H and O–H groups in total. The Kier molecular flexibility index (Phi) is 172. The molecular weight excluding hydrogens is 807 g/mol. The summed E-state index contributed by atoms with van der Waals surface area (Å²) in [5.41, 5.74) is 0. The smallest absolute Gasteiger partial charge is 0.302 e. The molecule has 0 unspecified atom stereocenters. The van der Waals surface area contributed by atoms with Crippen molar-refractivity contribution in [2.24, 2.45) is 0 Å². The number of carbonyl (C=O) groups excluding carboxylic acids is 2. The van der Waals surface area contributed by atoms with E-state index in [1.807, 2.05) is 123 Å². The lowest BCUT2D eigenvalue weighted by atomic mass is 10.4. The molecule has 0 aliphatic carbocycles. The topological polar surface area (TPSA) is 113 Å². The van der Waals surface area contributed by atoms with Gasteiger partial charge in [-0.3, -0.25) is 9.59 Å². The van der Waals surface area contributed by atoms with Crippen LogP contribution in [0.15, 0.2) is 0 Å². The highest BCUT2D eigenvalue weighted by molar-refractivity contribution is 5.72. The standard InChI is InChI=1S/C7H16NO2.C7H18NO.C5H14NO.C4H9NO.C4H12N.C3H9NO.C3H9N.7C2H6.CH4.3CH3/c1-7(9)10-6-5-8(2,3)4;1-4-5-8(2,3)6-7-9;1-6(2,3)4-5-7;1-4(6)5(2)3;1-5(2,3)4;1-4(2,3)5;1-4(2)3;7*1-2;;;;/h5-6H2,1-4H3;9H,4-7H2,1-3H3;7H,4-5H2,1-3H3;1-3H3;1-4H3;1-3H3;1-3H3;7*1-2H3;1H4;3*1H3/q3*+1;;+1;;;;;;;;;;;3*-1. The summed E-state index contributed by atoms with van der Waals surface area (Å²) < 4.78 is 8.12. The van der Waals surface area contributed by atoms with Crippen LogP contribution < -0.4 is 0 Å². The lowest BCUT2D eigenvalue weighted by molar-refractivity contribution is -0.890. The molecule has 13 heteroatoms. The molecule has 0 rings (SSSR count). The van der Waals surface area contributed by atoms with Crippen LogP contribution in [0.4, 0.5) is 0 Å². The third-order valence-electron chi connectivity index (χ3n) is 4.00. The molecule has 0 aliphatic rings. The van der Waals surface area contributed by atoms with Crippen LogP contribution in [0.25, 0.3) is 0 Å². The number of hydrogen-bond acceptors (Lipinski definition) is 7. The summed E-state index contributed by atoms with van der Waals surface area (Å²) in [6, 6.07) is 0. The molecule has 0 spiro atoms. The number of aliphatic hydroxyl groups excluding tert-OH is 2. The van der Waals surface area contributed by atoms with E-state index in [0.717, 1.165) is 44.1 Å². The van der Waals surface area contributed by atoms with Crippen molar-refractivity contribution in [3.63, 3.8) is 0 Å². The maximum atomic E-state index is 10.3. The van der Waals surface area contributed by atoms with E-state index in [1.54, 1.807) is 35.2 Å². The number of ether oxygens (including phenoxy) is 1. The first-order valence-electron chi connectivity index (χ1n) is 22.9. The Bertz CT molecular complexity index is 636. The van der Waals surface area contributed by atoms with Crippen LogP contribution in [0.2, 0.25) is 0 Å². The summed E-state index contributed by atoms with van der Waals surface area (Å²) in [6.07, 6.45) is 1.19. The van der Waals surface area contributed by atoms with Crippen molar-refractivity contribution in [1.82, 2.24) is 9.80 Å². The van der Waals surface area contributed by atoms with Crippen molar-refractivity contribution in [3.8, 4) is 0 Å². The van der Waals surface area contributed by atoms with Gasteiger partial charge in [-0.05, 0) is 27.6 Å². The van der Waals surface area contributed by atoms with Crippen molar-refractivity contribution >= 4 is 11.9 Å². The van der Waals surface area contributed by atoms with Gasteiger partial charge in [0.2, 0.25) is 5.91 Å². The fourth-order valence-electron chi connectivity index (χ4n) is 1.75. The normalized spacial score (nSPS) is 8.58. The average molecular weight is 950 g/mol. The third-order valence-corrected chi connectivity index (χ3v) is 4.00. The summed E-state index contributed by atoms with van der Waals surface area (Å²) in [4.78, 5) is 23.9. The van der Waals surface area contributed by atoms with Crippen molar-refractivity contribution in [3.05, 3.63) is 27.5 Å². The highest BCUT2D eigenvalue weighted by Crippen LogP contribution is 1.96. The maximum absolute atomic E-state index is 10.3. The molecule has 0 aromatic carbocycles. The van der Waals surface area contributed by atoms with Crippen LogP contribution in [0, 0.1) is 27.5 Å². The van der Waals surface area contributed by atoms with Gasteiger partial charge in [-0.1, -0.05) is 111 Å². The number of amides is 1. The van der Waals surface area contributed by atoms with Crippen molar-refractivity contribution in [2.75, 3.05) is 187 Å². The van der Waals surface area contributed by atoms with E-state index in [2.05, 4.69) is 91.5 Å². The number of rotatable bonds is 9. The minimum atomic E-state index is -0.250. The number of likely N-dealkylation sites (N-methyl/N-ethyl adjacent to an activating group) is 3. The first-order valence-corrected chi connectivity index (χ1v) is 22.9. The largest absolute Gasteiger partial charge is 0.633 e. The molecular formula is C51H142N7O6+. The molecule has 0 atom stereocenters. The number of aliphatic hydroxyl groups is 2. The Balaban J connectivity index is -0.0000000231. The summed E-state index contributed by atoms with van der Waals surface area (Å²) in [5.74, 6) is -0.108. The van der Waals surface area contributed by atoms with Gasteiger partial charge in [0.1, 0.15) is 26.2 Å². The molecule has 0 aliphatic heterocycles. The molecule has 416 valence electrons. The van der Waals surface area contributed by atoms with E-state index in [1.165, 1.54) is 25.2 Å². The van der Waals surface area contributed by atoms with Crippen LogP contribution in [0.3, 0.4) is 0 Å². The van der Waals surface area contributed by atoms with Gasteiger partial charge in [-0.25, -0.2) is 0 Å². The Hall–Kier alpha value is -1.42. The quantitative estimate of drug-likeness (QED) is 0.102. The van der Waals surface area contributed by atoms with Crippen LogP contribution in [-0.4, -0.2) is 241 Å². The molecule has 0 aromatic heterocycles. The maximum Gasteiger partial charge on any atom is 0.302 e. The first-order chi connectivity index (χ1) is 27.0. The molecule has 0 saturated heterocycles. The second kappa shape index (κ2) is 91.9. The number of hydrogen-bond donors (Lipinski definition) is 2. The van der Waals surface area contributed by atoms with Gasteiger partial charge in [0.05, 0.1) is 125 Å². The molecule has 0 heterocycles. The zero-order valence-electron chi connectivity index (χ0n) is 52.3. The minimum absolute atomic E-state index is 0. The fraction of sp³-hybridized carbons (Fsp3) is 0.902. The number of esters is 1. The van der Waals surface area contributed by atoms with Gasteiger partial charge in [-0.15, -0.1) is 0 Å². The lowest BCUT2D eigenvalue weighted by Gasteiger charge is -2.28. The fourth-order valence-corrected chi connectivity index (χ4v) is 1.75. The molecule has 0 radical (unpaired) electrons. The summed E-state index contributed by atoms with van der Waals surface area (Å²) in [7, 11) is 39.3. The Labute approximate surface area is 413 Å². The van der Waals surface area contributed by atoms with Gasteiger partial charge in [0, 0.05) is 27.9 Å². The second-order valence-corrected chi connectivity index (χ2v) is 16.5. The van der Waals surface area contributed by atoms with Crippen molar-refractivity contribution in [1.29, 1.82) is 0 Å². The van der Waals surface area contributed by atoms with E-state index >= 15 is 0 Å².